The van der Waals surface area contributed by atoms with E-state index in [0.717, 1.165) is 32.0 Å². The summed E-state index contributed by atoms with van der Waals surface area (Å²) in [5, 5.41) is 3.39. The van der Waals surface area contributed by atoms with Crippen molar-refractivity contribution in [3.8, 4) is 0 Å². The number of nitrogens with one attached hydrogen (secondary N) is 1. The summed E-state index contributed by atoms with van der Waals surface area (Å²) < 4.78 is 0. The van der Waals surface area contributed by atoms with Crippen LogP contribution < -0.4 is 11.1 Å². The summed E-state index contributed by atoms with van der Waals surface area (Å²) in [5.74, 6) is 0.724. The van der Waals surface area contributed by atoms with E-state index in [1.807, 2.05) is 0 Å². The monoisotopic (exact) mass is 190 g/mol. The third-order valence-corrected chi connectivity index (χ3v) is 2.94. The zero-order valence-electron chi connectivity index (χ0n) is 8.50. The molecular weight excluding hydrogens is 172 g/mol. The number of rotatable bonds is 3. The first-order valence-electron chi connectivity index (χ1n) is 5.40. The van der Waals surface area contributed by atoms with Gasteiger partial charge in [-0.05, 0) is 43.0 Å². The van der Waals surface area contributed by atoms with Gasteiger partial charge in [-0.3, -0.25) is 0 Å². The quantitative estimate of drug-likeness (QED) is 0.753. The molecule has 0 aliphatic carbocycles. The molecule has 1 fully saturated rings. The van der Waals surface area contributed by atoms with Gasteiger partial charge in [0.25, 0.3) is 0 Å². The van der Waals surface area contributed by atoms with Gasteiger partial charge >= 0.3 is 0 Å². The molecule has 1 atom stereocenters. The van der Waals surface area contributed by atoms with Crippen molar-refractivity contribution in [1.82, 2.24) is 5.32 Å². The SMILES string of the molecule is NCCc1ccc(C2CCNC2)cc1. The molecule has 1 unspecified atom stereocenters. The lowest BCUT2D eigenvalue weighted by molar-refractivity contribution is 0.762. The van der Waals surface area contributed by atoms with Gasteiger partial charge in [-0.2, -0.15) is 0 Å². The molecule has 0 amide bonds. The maximum absolute atomic E-state index is 5.51. The largest absolute Gasteiger partial charge is 0.330 e. The Kier molecular flexibility index (Phi) is 3.17. The van der Waals surface area contributed by atoms with Crippen LogP contribution in [0.1, 0.15) is 23.5 Å². The van der Waals surface area contributed by atoms with Crippen LogP contribution in [0.3, 0.4) is 0 Å². The standard InChI is InChI=1S/C12H18N2/c13-7-5-10-1-3-11(4-2-10)12-6-8-14-9-12/h1-4,12,14H,5-9,13H2. The molecule has 0 saturated carbocycles. The van der Waals surface area contributed by atoms with Crippen molar-refractivity contribution in [2.24, 2.45) is 5.73 Å². The Labute approximate surface area is 85.5 Å². The lowest BCUT2D eigenvalue weighted by Gasteiger charge is -2.09. The van der Waals surface area contributed by atoms with Crippen molar-refractivity contribution < 1.29 is 0 Å². The molecule has 1 aromatic carbocycles. The minimum atomic E-state index is 0.724. The Morgan fingerprint density at radius 2 is 2.07 bits per heavy atom. The summed E-state index contributed by atoms with van der Waals surface area (Å²) in [4.78, 5) is 0. The normalized spacial score (nSPS) is 21.4. The second kappa shape index (κ2) is 4.58. The minimum Gasteiger partial charge on any atom is -0.330 e. The van der Waals surface area contributed by atoms with Gasteiger partial charge in [-0.1, -0.05) is 24.3 Å². The van der Waals surface area contributed by atoms with Crippen LogP contribution in [0.15, 0.2) is 24.3 Å². The van der Waals surface area contributed by atoms with Crippen molar-refractivity contribution in [1.29, 1.82) is 0 Å². The molecule has 2 rings (SSSR count). The van der Waals surface area contributed by atoms with Gasteiger partial charge in [-0.15, -0.1) is 0 Å². The van der Waals surface area contributed by atoms with E-state index < -0.39 is 0 Å². The van der Waals surface area contributed by atoms with E-state index in [1.165, 1.54) is 17.5 Å². The lowest BCUT2D eigenvalue weighted by atomic mass is 9.97. The molecule has 0 aromatic heterocycles. The second-order valence-electron chi connectivity index (χ2n) is 3.97. The van der Waals surface area contributed by atoms with Gasteiger partial charge in [0.15, 0.2) is 0 Å². The first kappa shape index (κ1) is 9.69. The average Bonchev–Trinajstić information content (AvgIpc) is 2.72. The predicted molar refractivity (Wildman–Crippen MR) is 59.4 cm³/mol. The van der Waals surface area contributed by atoms with Gasteiger partial charge in [-0.25, -0.2) is 0 Å². The summed E-state index contributed by atoms with van der Waals surface area (Å²) in [6.45, 7) is 3.04. The number of hydrogen-bond donors (Lipinski definition) is 2. The van der Waals surface area contributed by atoms with Crippen LogP contribution in [-0.4, -0.2) is 19.6 Å². The molecule has 1 heterocycles. The lowest BCUT2D eigenvalue weighted by Crippen LogP contribution is -2.08. The van der Waals surface area contributed by atoms with E-state index in [0.29, 0.717) is 0 Å². The van der Waals surface area contributed by atoms with Gasteiger partial charge in [0.05, 0.1) is 0 Å². The van der Waals surface area contributed by atoms with Gasteiger partial charge < -0.3 is 11.1 Å². The van der Waals surface area contributed by atoms with Crippen LogP contribution in [0.5, 0.6) is 0 Å². The summed E-state index contributed by atoms with van der Waals surface area (Å²) >= 11 is 0. The molecule has 2 nitrogen and oxygen atoms in total. The molecule has 1 aliphatic heterocycles. The smallest absolute Gasteiger partial charge is 0.00206 e. The number of hydrogen-bond acceptors (Lipinski definition) is 2. The molecular formula is C12H18N2. The molecule has 0 bridgehead atoms. The first-order valence-corrected chi connectivity index (χ1v) is 5.40. The molecule has 3 N–H and O–H groups in total. The average molecular weight is 190 g/mol. The third-order valence-electron chi connectivity index (χ3n) is 2.94. The molecule has 14 heavy (non-hydrogen) atoms. The highest BCUT2D eigenvalue weighted by Gasteiger charge is 2.15. The van der Waals surface area contributed by atoms with E-state index in [-0.39, 0.29) is 0 Å². The minimum absolute atomic E-state index is 0.724. The van der Waals surface area contributed by atoms with Crippen LogP contribution in [-0.2, 0) is 6.42 Å². The topological polar surface area (TPSA) is 38.0 Å². The Hall–Kier alpha value is -0.860. The van der Waals surface area contributed by atoms with Crippen LogP contribution in [0, 0.1) is 0 Å². The summed E-state index contributed by atoms with van der Waals surface area (Å²) in [6.07, 6.45) is 2.26. The van der Waals surface area contributed by atoms with Crippen LogP contribution >= 0.6 is 0 Å². The molecule has 1 aromatic rings. The Morgan fingerprint density at radius 1 is 1.29 bits per heavy atom. The fourth-order valence-electron chi connectivity index (χ4n) is 2.06. The summed E-state index contributed by atoms with van der Waals surface area (Å²) in [7, 11) is 0. The first-order chi connectivity index (χ1) is 6.90. The molecule has 76 valence electrons. The number of nitrogens with two attached hydrogens (primary N) is 1. The fourth-order valence-corrected chi connectivity index (χ4v) is 2.06. The van der Waals surface area contributed by atoms with E-state index in [4.69, 9.17) is 5.73 Å². The van der Waals surface area contributed by atoms with E-state index in [9.17, 15) is 0 Å². The molecule has 2 heteroatoms. The van der Waals surface area contributed by atoms with E-state index in [2.05, 4.69) is 29.6 Å². The van der Waals surface area contributed by atoms with E-state index in [1.54, 1.807) is 0 Å². The Bertz CT molecular complexity index is 273. The van der Waals surface area contributed by atoms with Crippen LogP contribution in [0.4, 0.5) is 0 Å². The predicted octanol–water partition coefficient (Wildman–Crippen LogP) is 1.26. The zero-order valence-corrected chi connectivity index (χ0v) is 8.50. The fraction of sp³-hybridized carbons (Fsp3) is 0.500. The highest BCUT2D eigenvalue weighted by molar-refractivity contribution is 5.26. The highest BCUT2D eigenvalue weighted by Crippen LogP contribution is 2.22. The second-order valence-corrected chi connectivity index (χ2v) is 3.97. The van der Waals surface area contributed by atoms with Gasteiger partial charge in [0, 0.05) is 6.54 Å². The van der Waals surface area contributed by atoms with Gasteiger partial charge in [0.2, 0.25) is 0 Å². The number of benzene rings is 1. The van der Waals surface area contributed by atoms with Crippen molar-refractivity contribution in [3.05, 3.63) is 35.4 Å². The molecule has 1 aliphatic rings. The van der Waals surface area contributed by atoms with Crippen molar-refractivity contribution in [2.45, 2.75) is 18.8 Å². The summed E-state index contributed by atoms with van der Waals surface area (Å²) in [6, 6.07) is 8.92. The van der Waals surface area contributed by atoms with E-state index >= 15 is 0 Å². The van der Waals surface area contributed by atoms with Crippen molar-refractivity contribution >= 4 is 0 Å². The molecule has 0 spiro atoms. The molecule has 0 radical (unpaired) electrons. The van der Waals surface area contributed by atoms with Crippen LogP contribution in [0.25, 0.3) is 0 Å². The van der Waals surface area contributed by atoms with Crippen molar-refractivity contribution in [3.63, 3.8) is 0 Å². The maximum atomic E-state index is 5.51. The van der Waals surface area contributed by atoms with Crippen molar-refractivity contribution in [2.75, 3.05) is 19.6 Å². The summed E-state index contributed by atoms with van der Waals surface area (Å²) in [5.41, 5.74) is 8.33. The Morgan fingerprint density at radius 3 is 2.64 bits per heavy atom. The van der Waals surface area contributed by atoms with Crippen LogP contribution in [0.2, 0.25) is 0 Å². The molecule has 1 saturated heterocycles. The Balaban J connectivity index is 2.05. The zero-order chi connectivity index (χ0) is 9.80. The maximum Gasteiger partial charge on any atom is 0.00206 e. The highest BCUT2D eigenvalue weighted by atomic mass is 14.9. The third kappa shape index (κ3) is 2.14. The van der Waals surface area contributed by atoms with Gasteiger partial charge in [0.1, 0.15) is 0 Å².